The van der Waals surface area contributed by atoms with E-state index in [2.05, 4.69) is 0 Å². The van der Waals surface area contributed by atoms with E-state index in [1.807, 2.05) is 115 Å². The lowest BCUT2D eigenvalue weighted by Gasteiger charge is -2.23. The van der Waals surface area contributed by atoms with Crippen LogP contribution in [0.5, 0.6) is 17.2 Å². The zero-order valence-corrected chi connectivity index (χ0v) is 26.3. The highest BCUT2D eigenvalue weighted by Crippen LogP contribution is 2.21. The summed E-state index contributed by atoms with van der Waals surface area (Å²) in [5, 5.41) is 9.19. The fraction of sp³-hybridized carbons (Fsp3) is 0.200. The second-order valence-corrected chi connectivity index (χ2v) is 11.2. The molecule has 0 aliphatic carbocycles. The van der Waals surface area contributed by atoms with Gasteiger partial charge < -0.3 is 24.2 Å². The molecule has 0 saturated heterocycles. The molecule has 0 aliphatic heterocycles. The third-order valence-electron chi connectivity index (χ3n) is 7.58. The van der Waals surface area contributed by atoms with Gasteiger partial charge in [-0.3, -0.25) is 9.59 Å². The summed E-state index contributed by atoms with van der Waals surface area (Å²) < 4.78 is 17.9. The molecule has 0 aliphatic rings. The minimum atomic E-state index is -0.883. The lowest BCUT2D eigenvalue weighted by molar-refractivity contribution is -0.137. The number of hydrogen-bond acceptors (Lipinski definition) is 5. The van der Waals surface area contributed by atoms with E-state index < -0.39 is 5.97 Å². The highest BCUT2D eigenvalue weighted by molar-refractivity contribution is 5.94. The van der Waals surface area contributed by atoms with Crippen LogP contribution in [0.3, 0.4) is 0 Å². The van der Waals surface area contributed by atoms with Crippen molar-refractivity contribution >= 4 is 11.9 Å². The van der Waals surface area contributed by atoms with Crippen molar-refractivity contribution < 1.29 is 28.9 Å². The molecular formula is C40H39NO6. The summed E-state index contributed by atoms with van der Waals surface area (Å²) >= 11 is 0. The molecule has 0 atom stereocenters. The van der Waals surface area contributed by atoms with Crippen molar-refractivity contribution in [1.29, 1.82) is 0 Å². The van der Waals surface area contributed by atoms with Crippen molar-refractivity contribution in [2.45, 2.75) is 39.1 Å². The molecule has 1 amide bonds. The number of ether oxygens (including phenoxy) is 3. The first kappa shape index (κ1) is 32.8. The van der Waals surface area contributed by atoms with Gasteiger partial charge in [0, 0.05) is 25.1 Å². The molecule has 7 nitrogen and oxygen atoms in total. The van der Waals surface area contributed by atoms with Gasteiger partial charge in [-0.15, -0.1) is 0 Å². The number of aliphatic carboxylic acids is 1. The molecule has 5 aromatic carbocycles. The standard InChI is InChI=1S/C40H39NO6/c42-39(43)18-9-24-41(25-23-31-14-7-16-37(26-31)46-29-33-12-5-2-6-13-33)40(44)35-15-8-17-38(27-35)47-30-34-19-21-36(22-20-34)45-28-32-10-3-1-4-11-32/h1-8,10-17,19-22,26-27H,9,18,23-25,28-30H2,(H,42,43). The maximum Gasteiger partial charge on any atom is 0.303 e. The number of amides is 1. The van der Waals surface area contributed by atoms with E-state index in [-0.39, 0.29) is 12.3 Å². The minimum Gasteiger partial charge on any atom is -0.489 e. The molecule has 0 fully saturated rings. The zero-order chi connectivity index (χ0) is 32.7. The average molecular weight is 630 g/mol. The number of rotatable bonds is 17. The number of hydrogen-bond donors (Lipinski definition) is 1. The highest BCUT2D eigenvalue weighted by Gasteiger charge is 2.17. The topological polar surface area (TPSA) is 85.3 Å². The van der Waals surface area contributed by atoms with E-state index in [0.717, 1.165) is 33.8 Å². The van der Waals surface area contributed by atoms with Crippen molar-refractivity contribution in [3.8, 4) is 17.2 Å². The lowest BCUT2D eigenvalue weighted by atomic mass is 10.1. The summed E-state index contributed by atoms with van der Waals surface area (Å²) in [5.74, 6) is 1.06. The van der Waals surface area contributed by atoms with Crippen molar-refractivity contribution in [1.82, 2.24) is 4.90 Å². The molecule has 1 N–H and O–H groups in total. The van der Waals surface area contributed by atoms with E-state index in [1.165, 1.54) is 0 Å². The Labute approximate surface area is 276 Å². The molecule has 0 aromatic heterocycles. The molecule has 5 aromatic rings. The Morgan fingerprint density at radius 2 is 1.06 bits per heavy atom. The van der Waals surface area contributed by atoms with E-state index >= 15 is 0 Å². The second-order valence-electron chi connectivity index (χ2n) is 11.2. The van der Waals surface area contributed by atoms with Crippen LogP contribution in [0.4, 0.5) is 0 Å². The monoisotopic (exact) mass is 629 g/mol. The van der Waals surface area contributed by atoms with Crippen molar-refractivity contribution in [3.63, 3.8) is 0 Å². The van der Waals surface area contributed by atoms with Gasteiger partial charge in [0.25, 0.3) is 5.91 Å². The van der Waals surface area contributed by atoms with Gasteiger partial charge in [-0.05, 0) is 77.6 Å². The largest absolute Gasteiger partial charge is 0.489 e. The van der Waals surface area contributed by atoms with Gasteiger partial charge in [0.05, 0.1) is 0 Å². The summed E-state index contributed by atoms with van der Waals surface area (Å²) in [7, 11) is 0. The fourth-order valence-electron chi connectivity index (χ4n) is 5.02. The Kier molecular flexibility index (Phi) is 12.0. The van der Waals surface area contributed by atoms with Crippen LogP contribution in [0.1, 0.15) is 45.5 Å². The normalized spacial score (nSPS) is 10.6. The fourth-order valence-corrected chi connectivity index (χ4v) is 5.02. The predicted octanol–water partition coefficient (Wildman–Crippen LogP) is 7.97. The Morgan fingerprint density at radius 3 is 1.68 bits per heavy atom. The lowest BCUT2D eigenvalue weighted by Crippen LogP contribution is -2.34. The third kappa shape index (κ3) is 10.8. The first-order chi connectivity index (χ1) is 23.0. The molecule has 47 heavy (non-hydrogen) atoms. The van der Waals surface area contributed by atoms with Crippen molar-refractivity contribution in [2.75, 3.05) is 13.1 Å². The van der Waals surface area contributed by atoms with Crippen LogP contribution in [-0.2, 0) is 31.0 Å². The molecule has 0 spiro atoms. The van der Waals surface area contributed by atoms with E-state index in [0.29, 0.717) is 57.1 Å². The highest BCUT2D eigenvalue weighted by atomic mass is 16.5. The second kappa shape index (κ2) is 17.2. The number of carboxylic acids is 1. The maximum atomic E-state index is 13.7. The van der Waals surface area contributed by atoms with Crippen LogP contribution in [0.15, 0.2) is 133 Å². The molecule has 0 heterocycles. The van der Waals surface area contributed by atoms with Gasteiger partial charge in [0.1, 0.15) is 37.1 Å². The van der Waals surface area contributed by atoms with Crippen molar-refractivity contribution in [2.24, 2.45) is 0 Å². The first-order valence-electron chi connectivity index (χ1n) is 15.8. The SMILES string of the molecule is O=C(O)CCCN(CCc1cccc(OCc2ccccc2)c1)C(=O)c1cccc(OCc2ccc(OCc3ccccc3)cc2)c1. The van der Waals surface area contributed by atoms with Crippen LogP contribution in [0, 0.1) is 0 Å². The Bertz CT molecular complexity index is 1710. The number of nitrogens with zero attached hydrogens (tertiary/aromatic N) is 1. The summed E-state index contributed by atoms with van der Waals surface area (Å²) in [5.41, 5.74) is 4.68. The summed E-state index contributed by atoms with van der Waals surface area (Å²) in [6.45, 7) is 2.07. The molecular weight excluding hydrogens is 590 g/mol. The number of carboxylic acid groups (broad SMARTS) is 1. The van der Waals surface area contributed by atoms with Crippen LogP contribution in [0.2, 0.25) is 0 Å². The van der Waals surface area contributed by atoms with Crippen LogP contribution in [-0.4, -0.2) is 35.0 Å². The van der Waals surface area contributed by atoms with Crippen LogP contribution >= 0.6 is 0 Å². The zero-order valence-electron chi connectivity index (χ0n) is 26.3. The number of carbonyl (C=O) groups is 2. The summed E-state index contributed by atoms with van der Waals surface area (Å²) in [6.07, 6.45) is 0.955. The predicted molar refractivity (Wildman–Crippen MR) is 182 cm³/mol. The molecule has 0 unspecified atom stereocenters. The van der Waals surface area contributed by atoms with Crippen molar-refractivity contribution in [3.05, 3.63) is 161 Å². The maximum absolute atomic E-state index is 13.7. The minimum absolute atomic E-state index is 0.00811. The average Bonchev–Trinajstić information content (AvgIpc) is 3.11. The molecule has 7 heteroatoms. The molecule has 0 bridgehead atoms. The summed E-state index contributed by atoms with van der Waals surface area (Å²) in [6, 6.07) is 42.7. The van der Waals surface area contributed by atoms with Gasteiger partial charge in [-0.25, -0.2) is 0 Å². The molecule has 0 saturated carbocycles. The van der Waals surface area contributed by atoms with Crippen LogP contribution in [0.25, 0.3) is 0 Å². The van der Waals surface area contributed by atoms with E-state index in [1.54, 1.807) is 23.1 Å². The van der Waals surface area contributed by atoms with Gasteiger partial charge >= 0.3 is 5.97 Å². The molecule has 240 valence electrons. The molecule has 0 radical (unpaired) electrons. The Balaban J connectivity index is 1.17. The van der Waals surface area contributed by atoms with Gasteiger partial charge in [0.2, 0.25) is 0 Å². The summed E-state index contributed by atoms with van der Waals surface area (Å²) in [4.78, 5) is 26.6. The molecule has 5 rings (SSSR count). The van der Waals surface area contributed by atoms with E-state index in [9.17, 15) is 14.7 Å². The smallest absolute Gasteiger partial charge is 0.303 e. The van der Waals surface area contributed by atoms with Gasteiger partial charge in [-0.1, -0.05) is 91.0 Å². The quantitative estimate of drug-likeness (QED) is 0.112. The number of carbonyl (C=O) groups excluding carboxylic acids is 1. The first-order valence-corrected chi connectivity index (χ1v) is 15.8. The Hall–Kier alpha value is -5.56. The van der Waals surface area contributed by atoms with Gasteiger partial charge in [-0.2, -0.15) is 0 Å². The van der Waals surface area contributed by atoms with Gasteiger partial charge in [0.15, 0.2) is 0 Å². The Morgan fingerprint density at radius 1 is 0.532 bits per heavy atom. The van der Waals surface area contributed by atoms with Crippen LogP contribution < -0.4 is 14.2 Å². The third-order valence-corrected chi connectivity index (χ3v) is 7.58. The van der Waals surface area contributed by atoms with E-state index in [4.69, 9.17) is 14.2 Å². The number of benzene rings is 5.